The topological polar surface area (TPSA) is 133 Å². The zero-order valence-electron chi connectivity index (χ0n) is 8.80. The zero-order chi connectivity index (χ0) is 13.0. The first kappa shape index (κ1) is 12.9. The summed E-state index contributed by atoms with van der Waals surface area (Å²) in [6, 6.07) is -2.27. The molecule has 1 heterocycles. The van der Waals surface area contributed by atoms with Gasteiger partial charge >= 0.3 is 11.9 Å². The molecular formula is C9H12N2O6. The highest BCUT2D eigenvalue weighted by Gasteiger charge is 2.31. The molecule has 17 heavy (non-hydrogen) atoms. The average Bonchev–Trinajstić information content (AvgIpc) is 2.63. The van der Waals surface area contributed by atoms with Gasteiger partial charge in [-0.3, -0.25) is 14.4 Å². The van der Waals surface area contributed by atoms with E-state index >= 15 is 0 Å². The van der Waals surface area contributed by atoms with E-state index in [4.69, 9.17) is 10.2 Å². The summed E-state index contributed by atoms with van der Waals surface area (Å²) < 4.78 is 0. The SMILES string of the molecule is O=C(O)C[C@H](NC(=O)[C@H]1CCC(=O)N1)C(=O)O. The van der Waals surface area contributed by atoms with Crippen LogP contribution in [0.5, 0.6) is 0 Å². The quantitative estimate of drug-likeness (QED) is 0.456. The summed E-state index contributed by atoms with van der Waals surface area (Å²) in [7, 11) is 0. The molecule has 94 valence electrons. The molecule has 0 radical (unpaired) electrons. The van der Waals surface area contributed by atoms with E-state index in [0.29, 0.717) is 0 Å². The first-order valence-corrected chi connectivity index (χ1v) is 4.94. The van der Waals surface area contributed by atoms with Gasteiger partial charge in [0.15, 0.2) is 0 Å². The van der Waals surface area contributed by atoms with Gasteiger partial charge in [-0.25, -0.2) is 4.79 Å². The van der Waals surface area contributed by atoms with E-state index in [0.717, 1.165) is 0 Å². The lowest BCUT2D eigenvalue weighted by atomic mass is 10.1. The van der Waals surface area contributed by atoms with Crippen molar-refractivity contribution in [2.75, 3.05) is 0 Å². The van der Waals surface area contributed by atoms with Gasteiger partial charge in [0, 0.05) is 6.42 Å². The van der Waals surface area contributed by atoms with Crippen LogP contribution < -0.4 is 10.6 Å². The van der Waals surface area contributed by atoms with Gasteiger partial charge in [-0.15, -0.1) is 0 Å². The van der Waals surface area contributed by atoms with Gasteiger partial charge in [-0.1, -0.05) is 0 Å². The van der Waals surface area contributed by atoms with Crippen LogP contribution in [0.3, 0.4) is 0 Å². The summed E-state index contributed by atoms with van der Waals surface area (Å²) in [5, 5.41) is 21.6. The molecule has 8 nitrogen and oxygen atoms in total. The molecule has 1 aliphatic heterocycles. The molecule has 0 unspecified atom stereocenters. The molecule has 2 atom stereocenters. The van der Waals surface area contributed by atoms with Crippen LogP contribution in [0.4, 0.5) is 0 Å². The highest BCUT2D eigenvalue weighted by Crippen LogP contribution is 2.07. The summed E-state index contributed by atoms with van der Waals surface area (Å²) in [4.78, 5) is 43.4. The molecule has 0 aromatic rings. The Morgan fingerprint density at radius 1 is 1.41 bits per heavy atom. The van der Waals surface area contributed by atoms with Crippen molar-refractivity contribution >= 4 is 23.8 Å². The number of hydrogen-bond donors (Lipinski definition) is 4. The van der Waals surface area contributed by atoms with E-state index in [2.05, 4.69) is 10.6 Å². The average molecular weight is 244 g/mol. The Morgan fingerprint density at radius 2 is 2.06 bits per heavy atom. The van der Waals surface area contributed by atoms with E-state index in [9.17, 15) is 19.2 Å². The van der Waals surface area contributed by atoms with Crippen molar-refractivity contribution in [1.82, 2.24) is 10.6 Å². The molecule has 0 saturated carbocycles. The molecule has 0 aromatic carbocycles. The Balaban J connectivity index is 2.55. The maximum absolute atomic E-state index is 11.5. The Bertz CT molecular complexity index is 366. The number of aliphatic carboxylic acids is 2. The lowest BCUT2D eigenvalue weighted by Gasteiger charge is -2.15. The molecule has 8 heteroatoms. The van der Waals surface area contributed by atoms with Gasteiger partial charge in [0.1, 0.15) is 12.1 Å². The van der Waals surface area contributed by atoms with Crippen LogP contribution in [0.25, 0.3) is 0 Å². The summed E-state index contributed by atoms with van der Waals surface area (Å²) in [6.45, 7) is 0. The Kier molecular flexibility index (Phi) is 4.02. The minimum absolute atomic E-state index is 0.203. The zero-order valence-corrected chi connectivity index (χ0v) is 8.80. The second kappa shape index (κ2) is 5.28. The van der Waals surface area contributed by atoms with Crippen molar-refractivity contribution in [2.45, 2.75) is 31.3 Å². The van der Waals surface area contributed by atoms with E-state index in [1.807, 2.05) is 0 Å². The molecular weight excluding hydrogens is 232 g/mol. The molecule has 1 saturated heterocycles. The Labute approximate surface area is 96.0 Å². The molecule has 0 bridgehead atoms. The van der Waals surface area contributed by atoms with Crippen molar-refractivity contribution in [1.29, 1.82) is 0 Å². The van der Waals surface area contributed by atoms with Crippen molar-refractivity contribution in [3.8, 4) is 0 Å². The third kappa shape index (κ3) is 3.74. The molecule has 2 amide bonds. The molecule has 0 aromatic heterocycles. The summed E-state index contributed by atoms with van der Waals surface area (Å²) in [6.07, 6.45) is -0.222. The third-order valence-electron chi connectivity index (χ3n) is 2.31. The number of carboxylic acids is 2. The minimum Gasteiger partial charge on any atom is -0.481 e. The van der Waals surface area contributed by atoms with Crippen molar-refractivity contribution < 1.29 is 29.4 Å². The van der Waals surface area contributed by atoms with E-state index in [1.54, 1.807) is 0 Å². The van der Waals surface area contributed by atoms with Gasteiger partial charge in [0.05, 0.1) is 6.42 Å². The lowest BCUT2D eigenvalue weighted by molar-refractivity contribution is -0.147. The summed E-state index contributed by atoms with van der Waals surface area (Å²) in [5.41, 5.74) is 0. The largest absolute Gasteiger partial charge is 0.481 e. The summed E-state index contributed by atoms with van der Waals surface area (Å²) in [5.74, 6) is -3.71. The van der Waals surface area contributed by atoms with Crippen molar-refractivity contribution in [3.63, 3.8) is 0 Å². The van der Waals surface area contributed by atoms with Crippen LogP contribution in [-0.2, 0) is 19.2 Å². The van der Waals surface area contributed by atoms with Crippen LogP contribution >= 0.6 is 0 Å². The fourth-order valence-corrected chi connectivity index (χ4v) is 1.46. The predicted molar refractivity (Wildman–Crippen MR) is 53.0 cm³/mol. The van der Waals surface area contributed by atoms with Gasteiger partial charge in [-0.05, 0) is 6.42 Å². The third-order valence-corrected chi connectivity index (χ3v) is 2.31. The first-order chi connectivity index (χ1) is 7.90. The maximum Gasteiger partial charge on any atom is 0.326 e. The number of carbonyl (C=O) groups excluding carboxylic acids is 2. The van der Waals surface area contributed by atoms with Gasteiger partial charge in [-0.2, -0.15) is 0 Å². The second-order valence-corrected chi connectivity index (χ2v) is 3.66. The van der Waals surface area contributed by atoms with Crippen LogP contribution in [-0.4, -0.2) is 46.0 Å². The monoisotopic (exact) mass is 244 g/mol. The van der Waals surface area contributed by atoms with Gasteiger partial charge in [0.25, 0.3) is 0 Å². The lowest BCUT2D eigenvalue weighted by Crippen LogP contribution is -2.49. The molecule has 0 aliphatic carbocycles. The molecule has 1 fully saturated rings. The molecule has 1 rings (SSSR count). The number of nitrogens with one attached hydrogen (secondary N) is 2. The normalized spacial score (nSPS) is 20.5. The van der Waals surface area contributed by atoms with E-state index in [1.165, 1.54) is 0 Å². The standard InChI is InChI=1S/C9H12N2O6/c12-6-2-1-4(10-6)8(15)11-5(9(16)17)3-7(13)14/h4-5H,1-3H2,(H,10,12)(H,11,15)(H,13,14)(H,16,17)/t4-,5+/m1/s1. The van der Waals surface area contributed by atoms with Crippen molar-refractivity contribution in [2.24, 2.45) is 0 Å². The highest BCUT2D eigenvalue weighted by atomic mass is 16.4. The van der Waals surface area contributed by atoms with Crippen LogP contribution in [0.15, 0.2) is 0 Å². The predicted octanol–water partition coefficient (Wildman–Crippen LogP) is -1.69. The van der Waals surface area contributed by atoms with Crippen LogP contribution in [0, 0.1) is 0 Å². The Morgan fingerprint density at radius 3 is 2.47 bits per heavy atom. The smallest absolute Gasteiger partial charge is 0.326 e. The van der Waals surface area contributed by atoms with Crippen LogP contribution in [0.2, 0.25) is 0 Å². The fraction of sp³-hybridized carbons (Fsp3) is 0.556. The fourth-order valence-electron chi connectivity index (χ4n) is 1.46. The molecule has 0 spiro atoms. The number of hydrogen-bond acceptors (Lipinski definition) is 4. The van der Waals surface area contributed by atoms with Crippen LogP contribution in [0.1, 0.15) is 19.3 Å². The van der Waals surface area contributed by atoms with Gasteiger partial charge in [0.2, 0.25) is 11.8 Å². The highest BCUT2D eigenvalue weighted by molar-refractivity contribution is 5.93. The van der Waals surface area contributed by atoms with E-state index < -0.39 is 36.4 Å². The first-order valence-electron chi connectivity index (χ1n) is 4.94. The molecule has 4 N–H and O–H groups in total. The van der Waals surface area contributed by atoms with Gasteiger partial charge < -0.3 is 20.8 Å². The molecule has 1 aliphatic rings. The Hall–Kier alpha value is -2.12. The number of rotatable bonds is 5. The van der Waals surface area contributed by atoms with Crippen molar-refractivity contribution in [3.05, 3.63) is 0 Å². The minimum atomic E-state index is -1.49. The number of amides is 2. The second-order valence-electron chi connectivity index (χ2n) is 3.66. The number of carbonyl (C=O) groups is 4. The number of carboxylic acid groups (broad SMARTS) is 2. The van der Waals surface area contributed by atoms with E-state index in [-0.39, 0.29) is 18.7 Å². The maximum atomic E-state index is 11.5. The summed E-state index contributed by atoms with van der Waals surface area (Å²) >= 11 is 0.